The molecule has 90 valence electrons. The molecule has 0 saturated carbocycles. The zero-order valence-corrected chi connectivity index (χ0v) is 8.93. The fraction of sp³-hybridized carbons (Fsp3) is 0.455. The smallest absolute Gasteiger partial charge is 0.419 e. The van der Waals surface area contributed by atoms with Gasteiger partial charge in [-0.15, -0.1) is 0 Å². The van der Waals surface area contributed by atoms with Crippen LogP contribution in [0.15, 0.2) is 18.2 Å². The molecule has 0 saturated heterocycles. The Balaban J connectivity index is 2.82. The Hall–Kier alpha value is -1.23. The number of aromatic hydroxyl groups is 1. The van der Waals surface area contributed by atoms with Crippen LogP contribution in [0.4, 0.5) is 13.2 Å². The molecule has 0 aliphatic carbocycles. The highest BCUT2D eigenvalue weighted by Gasteiger charge is 2.33. The summed E-state index contributed by atoms with van der Waals surface area (Å²) in [5, 5.41) is 12.1. The number of hydrogen-bond donors (Lipinski definition) is 2. The molecule has 0 amide bonds. The van der Waals surface area contributed by atoms with Gasteiger partial charge in [0, 0.05) is 6.54 Å². The Morgan fingerprint density at radius 2 is 2.00 bits per heavy atom. The first kappa shape index (κ1) is 12.8. The topological polar surface area (TPSA) is 32.3 Å². The lowest BCUT2D eigenvalue weighted by atomic mass is 10.1. The van der Waals surface area contributed by atoms with Gasteiger partial charge in [-0.1, -0.05) is 13.0 Å². The maximum Gasteiger partial charge on any atom is 0.419 e. The Kier molecular flexibility index (Phi) is 4.18. The first-order valence-corrected chi connectivity index (χ1v) is 5.05. The Labute approximate surface area is 92.1 Å². The average Bonchev–Trinajstić information content (AvgIpc) is 2.19. The van der Waals surface area contributed by atoms with Gasteiger partial charge in [0.05, 0.1) is 5.56 Å². The normalized spacial score (nSPS) is 11.8. The lowest BCUT2D eigenvalue weighted by Gasteiger charge is -2.11. The second-order valence-corrected chi connectivity index (χ2v) is 3.53. The van der Waals surface area contributed by atoms with Crippen LogP contribution >= 0.6 is 0 Å². The van der Waals surface area contributed by atoms with Crippen molar-refractivity contribution in [1.29, 1.82) is 0 Å². The van der Waals surface area contributed by atoms with Crippen molar-refractivity contribution in [3.05, 3.63) is 29.3 Å². The van der Waals surface area contributed by atoms with Gasteiger partial charge < -0.3 is 10.4 Å². The van der Waals surface area contributed by atoms with E-state index in [4.69, 9.17) is 5.11 Å². The molecule has 16 heavy (non-hydrogen) atoms. The maximum atomic E-state index is 12.4. The summed E-state index contributed by atoms with van der Waals surface area (Å²) in [6.07, 6.45) is -3.59. The van der Waals surface area contributed by atoms with Gasteiger partial charge in [-0.25, -0.2) is 0 Å². The molecule has 2 nitrogen and oxygen atoms in total. The fourth-order valence-corrected chi connectivity index (χ4v) is 1.33. The van der Waals surface area contributed by atoms with Gasteiger partial charge in [0.15, 0.2) is 0 Å². The largest absolute Gasteiger partial charge is 0.507 e. The molecule has 0 bridgehead atoms. The van der Waals surface area contributed by atoms with Gasteiger partial charge in [0.2, 0.25) is 0 Å². The third-order valence-electron chi connectivity index (χ3n) is 2.12. The van der Waals surface area contributed by atoms with Crippen LogP contribution in [0.25, 0.3) is 0 Å². The predicted octanol–water partition coefficient (Wildman–Crippen LogP) is 2.91. The van der Waals surface area contributed by atoms with E-state index in [-0.39, 0.29) is 0 Å². The molecule has 2 N–H and O–H groups in total. The molecule has 0 radical (unpaired) electrons. The van der Waals surface area contributed by atoms with Crippen molar-refractivity contribution < 1.29 is 18.3 Å². The molecule has 0 fully saturated rings. The first-order valence-electron chi connectivity index (χ1n) is 5.05. The van der Waals surface area contributed by atoms with Crippen molar-refractivity contribution in [3.63, 3.8) is 0 Å². The Morgan fingerprint density at radius 1 is 1.31 bits per heavy atom. The molecule has 0 spiro atoms. The van der Waals surface area contributed by atoms with Gasteiger partial charge in [-0.05, 0) is 30.7 Å². The molecule has 0 aliphatic heterocycles. The van der Waals surface area contributed by atoms with E-state index in [1.807, 2.05) is 6.92 Å². The quantitative estimate of drug-likeness (QED) is 0.784. The highest BCUT2D eigenvalue weighted by Crippen LogP contribution is 2.35. The summed E-state index contributed by atoms with van der Waals surface area (Å²) in [7, 11) is 0. The summed E-state index contributed by atoms with van der Waals surface area (Å²) in [6.45, 7) is 3.10. The zero-order chi connectivity index (χ0) is 12.2. The molecule has 0 aromatic heterocycles. The van der Waals surface area contributed by atoms with E-state index < -0.39 is 17.5 Å². The molecular formula is C11H14F3NO. The minimum Gasteiger partial charge on any atom is -0.507 e. The lowest BCUT2D eigenvalue weighted by Crippen LogP contribution is -2.14. The molecule has 1 aromatic rings. The van der Waals surface area contributed by atoms with Crippen LogP contribution in [0.1, 0.15) is 24.5 Å². The second-order valence-electron chi connectivity index (χ2n) is 3.53. The molecule has 1 aromatic carbocycles. The number of phenols is 1. The number of halogens is 3. The molecule has 1 rings (SSSR count). The van der Waals surface area contributed by atoms with Crippen LogP contribution in [0.2, 0.25) is 0 Å². The highest BCUT2D eigenvalue weighted by molar-refractivity contribution is 5.38. The van der Waals surface area contributed by atoms with E-state index in [1.54, 1.807) is 0 Å². The van der Waals surface area contributed by atoms with E-state index in [2.05, 4.69) is 5.32 Å². The number of phenolic OH excluding ortho intramolecular Hbond substituents is 1. The molecule has 0 unspecified atom stereocenters. The number of hydrogen-bond acceptors (Lipinski definition) is 2. The van der Waals surface area contributed by atoms with Crippen molar-refractivity contribution in [3.8, 4) is 5.75 Å². The van der Waals surface area contributed by atoms with Crippen LogP contribution in [-0.2, 0) is 12.7 Å². The first-order chi connectivity index (χ1) is 7.45. The summed E-state index contributed by atoms with van der Waals surface area (Å²) >= 11 is 0. The fourth-order valence-electron chi connectivity index (χ4n) is 1.33. The number of nitrogens with one attached hydrogen (secondary N) is 1. The van der Waals surface area contributed by atoms with Gasteiger partial charge in [0.1, 0.15) is 5.75 Å². The number of alkyl halides is 3. The second kappa shape index (κ2) is 5.21. The minimum atomic E-state index is -4.51. The van der Waals surface area contributed by atoms with Gasteiger partial charge in [-0.3, -0.25) is 0 Å². The van der Waals surface area contributed by atoms with E-state index in [1.165, 1.54) is 6.07 Å². The Morgan fingerprint density at radius 3 is 2.56 bits per heavy atom. The summed E-state index contributed by atoms with van der Waals surface area (Å²) in [4.78, 5) is 0. The van der Waals surface area contributed by atoms with Crippen LogP contribution in [-0.4, -0.2) is 11.7 Å². The lowest BCUT2D eigenvalue weighted by molar-refractivity contribution is -0.138. The molecule has 0 aliphatic rings. The molecule has 0 heterocycles. The highest BCUT2D eigenvalue weighted by atomic mass is 19.4. The van der Waals surface area contributed by atoms with Gasteiger partial charge in [-0.2, -0.15) is 13.2 Å². The van der Waals surface area contributed by atoms with Gasteiger partial charge >= 0.3 is 6.18 Å². The molecule has 5 heteroatoms. The van der Waals surface area contributed by atoms with Crippen molar-refractivity contribution in [2.75, 3.05) is 6.54 Å². The van der Waals surface area contributed by atoms with Crippen LogP contribution < -0.4 is 5.32 Å². The third kappa shape index (κ3) is 3.41. The zero-order valence-electron chi connectivity index (χ0n) is 8.93. The van der Waals surface area contributed by atoms with Crippen LogP contribution in [0.5, 0.6) is 5.75 Å². The van der Waals surface area contributed by atoms with E-state index in [0.717, 1.165) is 25.1 Å². The summed E-state index contributed by atoms with van der Waals surface area (Å²) < 4.78 is 37.3. The monoisotopic (exact) mass is 233 g/mol. The van der Waals surface area contributed by atoms with Crippen molar-refractivity contribution in [1.82, 2.24) is 5.32 Å². The van der Waals surface area contributed by atoms with Crippen molar-refractivity contribution in [2.45, 2.75) is 26.1 Å². The van der Waals surface area contributed by atoms with E-state index >= 15 is 0 Å². The van der Waals surface area contributed by atoms with Crippen molar-refractivity contribution >= 4 is 0 Å². The minimum absolute atomic E-state index is 0.372. The number of benzene rings is 1. The summed E-state index contributed by atoms with van der Waals surface area (Å²) in [5.74, 6) is -0.730. The van der Waals surface area contributed by atoms with Crippen molar-refractivity contribution in [2.24, 2.45) is 0 Å². The summed E-state index contributed by atoms with van der Waals surface area (Å²) in [6, 6.07) is 3.52. The van der Waals surface area contributed by atoms with Crippen LogP contribution in [0.3, 0.4) is 0 Å². The standard InChI is InChI=1S/C11H14F3NO/c1-2-5-15-7-8-3-4-10(16)9(6-8)11(12,13)14/h3-4,6,15-16H,2,5,7H2,1H3. The van der Waals surface area contributed by atoms with Crippen LogP contribution in [0, 0.1) is 0 Å². The van der Waals surface area contributed by atoms with E-state index in [9.17, 15) is 13.2 Å². The predicted molar refractivity (Wildman–Crippen MR) is 55.1 cm³/mol. The summed E-state index contributed by atoms with van der Waals surface area (Å²) in [5.41, 5.74) is -0.470. The third-order valence-corrected chi connectivity index (χ3v) is 2.12. The number of rotatable bonds is 4. The van der Waals surface area contributed by atoms with Gasteiger partial charge in [0.25, 0.3) is 0 Å². The molecule has 0 atom stereocenters. The maximum absolute atomic E-state index is 12.4. The average molecular weight is 233 g/mol. The van der Waals surface area contributed by atoms with E-state index in [0.29, 0.717) is 12.1 Å². The molecular weight excluding hydrogens is 219 g/mol. The SMILES string of the molecule is CCCNCc1ccc(O)c(C(F)(F)F)c1. The Bertz CT molecular complexity index is 350.